The number of hydrogen-bond acceptors (Lipinski definition) is 1. The molecule has 1 spiro atoms. The molecule has 6 rings (SSSR count). The van der Waals surface area contributed by atoms with Crippen LogP contribution in [0.25, 0.3) is 0 Å². The quantitative estimate of drug-likeness (QED) is 0.745. The van der Waals surface area contributed by atoms with E-state index in [2.05, 4.69) is 20.8 Å². The summed E-state index contributed by atoms with van der Waals surface area (Å²) in [7, 11) is 0. The maximum absolute atomic E-state index is 10.1. The highest BCUT2D eigenvalue weighted by molar-refractivity contribution is 5.26. The second kappa shape index (κ2) is 3.55. The SMILES string of the molecule is C[C@]1(CO)CCC[C@]2(C)[C@@H]1CC[C@@]13C[C@H]4[C@@H](C[C@H]12)[C@@]4(C)C3. The van der Waals surface area contributed by atoms with E-state index in [-0.39, 0.29) is 5.41 Å². The molecular weight excluding hydrogens is 256 g/mol. The maximum Gasteiger partial charge on any atom is 0.0487 e. The Labute approximate surface area is 129 Å². The first-order valence-corrected chi connectivity index (χ1v) is 9.49. The number of fused-ring (bicyclic) bond motifs is 1. The number of aliphatic hydroxyl groups excluding tert-OH is 1. The molecule has 8 atom stereocenters. The summed E-state index contributed by atoms with van der Waals surface area (Å²) >= 11 is 0. The van der Waals surface area contributed by atoms with Crippen LogP contribution in [0.1, 0.15) is 72.1 Å². The Hall–Kier alpha value is -0.0400. The molecule has 0 aromatic rings. The van der Waals surface area contributed by atoms with E-state index in [1.807, 2.05) is 0 Å². The van der Waals surface area contributed by atoms with E-state index < -0.39 is 0 Å². The molecule has 6 aliphatic rings. The van der Waals surface area contributed by atoms with Crippen LogP contribution in [-0.2, 0) is 0 Å². The molecular formula is C20H32O. The van der Waals surface area contributed by atoms with Crippen molar-refractivity contribution < 1.29 is 5.11 Å². The highest BCUT2D eigenvalue weighted by Gasteiger charge is 2.78. The fourth-order valence-corrected chi connectivity index (χ4v) is 8.94. The predicted molar refractivity (Wildman–Crippen MR) is 84.7 cm³/mol. The predicted octanol–water partition coefficient (Wildman–Crippen LogP) is 4.64. The van der Waals surface area contributed by atoms with Gasteiger partial charge in [0.25, 0.3) is 0 Å². The van der Waals surface area contributed by atoms with Crippen molar-refractivity contribution in [2.75, 3.05) is 6.61 Å². The van der Waals surface area contributed by atoms with Gasteiger partial charge in [-0.25, -0.2) is 0 Å². The lowest BCUT2D eigenvalue weighted by molar-refractivity contribution is -0.172. The Morgan fingerprint density at radius 1 is 0.952 bits per heavy atom. The molecule has 6 aliphatic carbocycles. The number of aliphatic hydroxyl groups is 1. The molecule has 0 aromatic heterocycles. The molecule has 0 amide bonds. The Morgan fingerprint density at radius 3 is 2.43 bits per heavy atom. The van der Waals surface area contributed by atoms with E-state index in [4.69, 9.17) is 0 Å². The summed E-state index contributed by atoms with van der Waals surface area (Å²) in [6.45, 7) is 8.03. The molecule has 21 heavy (non-hydrogen) atoms. The minimum Gasteiger partial charge on any atom is -0.396 e. The van der Waals surface area contributed by atoms with Crippen LogP contribution in [0.3, 0.4) is 0 Å². The van der Waals surface area contributed by atoms with Crippen molar-refractivity contribution in [1.82, 2.24) is 0 Å². The first-order valence-electron chi connectivity index (χ1n) is 9.49. The minimum atomic E-state index is 0.210. The van der Waals surface area contributed by atoms with Gasteiger partial charge < -0.3 is 5.11 Å². The van der Waals surface area contributed by atoms with Crippen molar-refractivity contribution in [2.45, 2.75) is 72.1 Å². The third kappa shape index (κ3) is 1.32. The highest BCUT2D eigenvalue weighted by Crippen LogP contribution is 2.85. The fraction of sp³-hybridized carbons (Fsp3) is 1.00. The lowest BCUT2D eigenvalue weighted by atomic mass is 9.39. The standard InChI is InChI=1S/C20H32O/c1-17(12-21)6-4-7-18(2)15(17)5-8-20-10-14-13(9-16(18)20)19(14,3)11-20/h13-16,21H,4-12H2,1-3H3/t13-,14+,15-,16+,17-,18-,19-,20+/m1/s1. The van der Waals surface area contributed by atoms with E-state index in [0.29, 0.717) is 17.4 Å². The molecule has 1 N–H and O–H groups in total. The summed E-state index contributed by atoms with van der Waals surface area (Å²) < 4.78 is 0. The van der Waals surface area contributed by atoms with E-state index in [1.54, 1.807) is 12.8 Å². The van der Waals surface area contributed by atoms with Crippen LogP contribution in [-0.4, -0.2) is 11.7 Å². The zero-order valence-corrected chi connectivity index (χ0v) is 14.1. The average Bonchev–Trinajstić information content (AvgIpc) is 2.90. The molecule has 0 unspecified atom stereocenters. The minimum absolute atomic E-state index is 0.210. The van der Waals surface area contributed by atoms with Crippen LogP contribution in [0.2, 0.25) is 0 Å². The van der Waals surface area contributed by atoms with Gasteiger partial charge in [-0.05, 0) is 90.3 Å². The molecule has 6 saturated carbocycles. The Morgan fingerprint density at radius 2 is 1.76 bits per heavy atom. The van der Waals surface area contributed by atoms with Crippen LogP contribution >= 0.6 is 0 Å². The van der Waals surface area contributed by atoms with Gasteiger partial charge in [-0.15, -0.1) is 0 Å². The summed E-state index contributed by atoms with van der Waals surface area (Å²) in [5.74, 6) is 3.93. The zero-order valence-electron chi connectivity index (χ0n) is 14.1. The first kappa shape index (κ1) is 13.4. The van der Waals surface area contributed by atoms with Gasteiger partial charge in [0, 0.05) is 6.61 Å². The highest BCUT2D eigenvalue weighted by atomic mass is 16.3. The summed E-state index contributed by atoms with van der Waals surface area (Å²) in [5, 5.41) is 10.1. The average molecular weight is 288 g/mol. The molecule has 0 saturated heterocycles. The van der Waals surface area contributed by atoms with Crippen molar-refractivity contribution in [1.29, 1.82) is 0 Å². The van der Waals surface area contributed by atoms with Crippen LogP contribution in [0, 0.1) is 45.3 Å². The third-order valence-corrected chi connectivity index (χ3v) is 9.85. The third-order valence-electron chi connectivity index (χ3n) is 9.85. The summed E-state index contributed by atoms with van der Waals surface area (Å²) in [4.78, 5) is 0. The molecule has 0 radical (unpaired) electrons. The lowest BCUT2D eigenvalue weighted by Crippen LogP contribution is -2.58. The largest absolute Gasteiger partial charge is 0.396 e. The van der Waals surface area contributed by atoms with Gasteiger partial charge in [-0.1, -0.05) is 27.2 Å². The summed E-state index contributed by atoms with van der Waals surface area (Å²) in [6.07, 6.45) is 11.6. The number of hydrogen-bond donors (Lipinski definition) is 1. The van der Waals surface area contributed by atoms with Gasteiger partial charge in [0.1, 0.15) is 0 Å². The maximum atomic E-state index is 10.1. The molecule has 0 aromatic carbocycles. The van der Waals surface area contributed by atoms with Gasteiger partial charge in [0.2, 0.25) is 0 Å². The molecule has 118 valence electrons. The van der Waals surface area contributed by atoms with Gasteiger partial charge in [0.15, 0.2) is 0 Å². The second-order valence-electron chi connectivity index (χ2n) is 10.5. The monoisotopic (exact) mass is 288 g/mol. The topological polar surface area (TPSA) is 20.2 Å². The van der Waals surface area contributed by atoms with Gasteiger partial charge in [0.05, 0.1) is 0 Å². The van der Waals surface area contributed by atoms with Crippen LogP contribution in [0.15, 0.2) is 0 Å². The Balaban J connectivity index is 1.55. The van der Waals surface area contributed by atoms with E-state index in [9.17, 15) is 5.11 Å². The molecule has 1 nitrogen and oxygen atoms in total. The van der Waals surface area contributed by atoms with Crippen LogP contribution in [0.4, 0.5) is 0 Å². The van der Waals surface area contributed by atoms with E-state index >= 15 is 0 Å². The van der Waals surface area contributed by atoms with Crippen molar-refractivity contribution in [2.24, 2.45) is 45.3 Å². The Kier molecular flexibility index (Phi) is 2.27. The lowest BCUT2D eigenvalue weighted by Gasteiger charge is -2.65. The smallest absolute Gasteiger partial charge is 0.0487 e. The summed E-state index contributed by atoms with van der Waals surface area (Å²) in [6, 6.07) is 0. The van der Waals surface area contributed by atoms with Crippen molar-refractivity contribution in [3.63, 3.8) is 0 Å². The van der Waals surface area contributed by atoms with Crippen molar-refractivity contribution in [3.05, 3.63) is 0 Å². The van der Waals surface area contributed by atoms with E-state index in [0.717, 1.165) is 29.1 Å². The summed E-state index contributed by atoms with van der Waals surface area (Å²) in [5.41, 5.74) is 2.21. The fourth-order valence-electron chi connectivity index (χ4n) is 8.94. The van der Waals surface area contributed by atoms with Crippen LogP contribution < -0.4 is 0 Å². The Bertz CT molecular complexity index is 500. The normalized spacial score (nSPS) is 67.4. The number of rotatable bonds is 1. The van der Waals surface area contributed by atoms with Gasteiger partial charge >= 0.3 is 0 Å². The van der Waals surface area contributed by atoms with Gasteiger partial charge in [-0.3, -0.25) is 0 Å². The van der Waals surface area contributed by atoms with Gasteiger partial charge in [-0.2, -0.15) is 0 Å². The molecule has 0 heterocycles. The molecule has 6 fully saturated rings. The first-order chi connectivity index (χ1) is 9.88. The zero-order chi connectivity index (χ0) is 14.7. The van der Waals surface area contributed by atoms with Crippen molar-refractivity contribution >= 4 is 0 Å². The molecule has 0 aliphatic heterocycles. The molecule has 1 heteroatoms. The second-order valence-corrected chi connectivity index (χ2v) is 10.5. The van der Waals surface area contributed by atoms with Crippen molar-refractivity contribution in [3.8, 4) is 0 Å². The van der Waals surface area contributed by atoms with Crippen LogP contribution in [0.5, 0.6) is 0 Å². The van der Waals surface area contributed by atoms with E-state index in [1.165, 1.54) is 38.5 Å². The molecule has 4 bridgehead atoms.